The van der Waals surface area contributed by atoms with Gasteiger partial charge in [-0.05, 0) is 36.1 Å². The van der Waals surface area contributed by atoms with E-state index in [4.69, 9.17) is 4.74 Å². The number of alkyl halides is 1. The summed E-state index contributed by atoms with van der Waals surface area (Å²) in [4.78, 5) is 0. The molecule has 0 fully saturated rings. The molecule has 3 heteroatoms. The van der Waals surface area contributed by atoms with Crippen molar-refractivity contribution in [2.75, 3.05) is 13.3 Å². The van der Waals surface area contributed by atoms with E-state index in [2.05, 4.69) is 0 Å². The molecule has 1 N–H and O–H groups in total. The zero-order valence-electron chi connectivity index (χ0n) is 7.87. The second-order valence-electron chi connectivity index (χ2n) is 3.45. The van der Waals surface area contributed by atoms with Crippen molar-refractivity contribution in [1.29, 1.82) is 0 Å². The Labute approximate surface area is 82.3 Å². The third kappa shape index (κ3) is 1.73. The van der Waals surface area contributed by atoms with Gasteiger partial charge < -0.3 is 9.84 Å². The van der Waals surface area contributed by atoms with Crippen LogP contribution in [0.2, 0.25) is 0 Å². The average molecular weight is 196 g/mol. The number of halogens is 1. The van der Waals surface area contributed by atoms with Crippen molar-refractivity contribution in [2.24, 2.45) is 0 Å². The Morgan fingerprint density at radius 2 is 2.36 bits per heavy atom. The van der Waals surface area contributed by atoms with E-state index in [0.29, 0.717) is 5.75 Å². The molecule has 2 nitrogen and oxygen atoms in total. The van der Waals surface area contributed by atoms with E-state index >= 15 is 0 Å². The first-order valence-corrected chi connectivity index (χ1v) is 4.81. The molecule has 0 saturated heterocycles. The fraction of sp³-hybridized carbons (Fsp3) is 0.455. The maximum absolute atomic E-state index is 11.8. The first-order chi connectivity index (χ1) is 6.81. The summed E-state index contributed by atoms with van der Waals surface area (Å²) in [7, 11) is 0. The molecule has 2 rings (SSSR count). The lowest BCUT2D eigenvalue weighted by Crippen LogP contribution is -1.99. The highest BCUT2D eigenvalue weighted by Crippen LogP contribution is 2.33. The number of hydrogen-bond donors (Lipinski definition) is 1. The lowest BCUT2D eigenvalue weighted by molar-refractivity contribution is 0.180. The number of ether oxygens (including phenoxy) is 1. The van der Waals surface area contributed by atoms with E-state index in [0.717, 1.165) is 24.0 Å². The molecule has 76 valence electrons. The molecule has 0 aromatic heterocycles. The fourth-order valence-corrected chi connectivity index (χ4v) is 1.82. The number of aryl methyl sites for hydroxylation is 1. The fourth-order valence-electron chi connectivity index (χ4n) is 1.82. The highest BCUT2D eigenvalue weighted by molar-refractivity contribution is 5.39. The topological polar surface area (TPSA) is 29.5 Å². The minimum atomic E-state index is -0.473. The molecule has 14 heavy (non-hydrogen) atoms. The largest absolute Gasteiger partial charge is 0.491 e. The highest BCUT2D eigenvalue weighted by atomic mass is 19.1. The summed E-state index contributed by atoms with van der Waals surface area (Å²) < 4.78 is 17.0. The van der Waals surface area contributed by atoms with Crippen LogP contribution in [0.4, 0.5) is 4.39 Å². The number of aliphatic hydroxyl groups is 1. The second kappa shape index (κ2) is 3.96. The summed E-state index contributed by atoms with van der Waals surface area (Å²) in [6, 6.07) is 5.53. The minimum Gasteiger partial charge on any atom is -0.491 e. The minimum absolute atomic E-state index is 0.0986. The van der Waals surface area contributed by atoms with Gasteiger partial charge in [0.05, 0.1) is 6.10 Å². The Bertz CT molecular complexity index is 325. The molecule has 0 amide bonds. The monoisotopic (exact) mass is 196 g/mol. The van der Waals surface area contributed by atoms with E-state index in [1.807, 2.05) is 12.1 Å². The van der Waals surface area contributed by atoms with Gasteiger partial charge in [-0.1, -0.05) is 6.07 Å². The smallest absolute Gasteiger partial charge is 0.123 e. The standard InChI is InChI=1S/C11H13FO2/c12-5-6-14-9-2-3-10-8(7-9)1-4-11(10)13/h2-3,7,11,13H,1,4-6H2. The molecule has 0 bridgehead atoms. The second-order valence-corrected chi connectivity index (χ2v) is 3.45. The predicted molar refractivity (Wildman–Crippen MR) is 51.2 cm³/mol. The van der Waals surface area contributed by atoms with Crippen molar-refractivity contribution in [3.05, 3.63) is 29.3 Å². The average Bonchev–Trinajstić information content (AvgIpc) is 2.57. The van der Waals surface area contributed by atoms with Crippen LogP contribution in [-0.4, -0.2) is 18.4 Å². The van der Waals surface area contributed by atoms with Crippen LogP contribution in [0.15, 0.2) is 18.2 Å². The summed E-state index contributed by atoms with van der Waals surface area (Å²) in [6.45, 7) is -0.374. The van der Waals surface area contributed by atoms with Crippen LogP contribution < -0.4 is 4.74 Å². The highest BCUT2D eigenvalue weighted by Gasteiger charge is 2.20. The van der Waals surface area contributed by atoms with Crippen molar-refractivity contribution in [3.8, 4) is 5.75 Å². The third-order valence-electron chi connectivity index (χ3n) is 2.51. The van der Waals surface area contributed by atoms with Crippen LogP contribution in [-0.2, 0) is 6.42 Å². The van der Waals surface area contributed by atoms with Gasteiger partial charge in [-0.2, -0.15) is 0 Å². The molecule has 1 unspecified atom stereocenters. The van der Waals surface area contributed by atoms with Crippen molar-refractivity contribution in [1.82, 2.24) is 0 Å². The molecular weight excluding hydrogens is 183 g/mol. The maximum atomic E-state index is 11.8. The molecule has 0 saturated carbocycles. The van der Waals surface area contributed by atoms with Crippen molar-refractivity contribution < 1.29 is 14.2 Å². The van der Waals surface area contributed by atoms with E-state index in [9.17, 15) is 9.50 Å². The molecule has 1 aliphatic carbocycles. The van der Waals surface area contributed by atoms with Crippen LogP contribution in [0.25, 0.3) is 0 Å². The van der Waals surface area contributed by atoms with Crippen LogP contribution >= 0.6 is 0 Å². The summed E-state index contributed by atoms with van der Waals surface area (Å²) >= 11 is 0. The van der Waals surface area contributed by atoms with Gasteiger partial charge in [0.1, 0.15) is 19.0 Å². The summed E-state index contributed by atoms with van der Waals surface area (Å²) in [6.07, 6.45) is 1.32. The van der Waals surface area contributed by atoms with Crippen LogP contribution in [0.1, 0.15) is 23.7 Å². The molecule has 0 aliphatic heterocycles. The normalized spacial score (nSPS) is 19.4. The number of rotatable bonds is 3. The van der Waals surface area contributed by atoms with E-state index in [1.165, 1.54) is 0 Å². The van der Waals surface area contributed by atoms with E-state index in [1.54, 1.807) is 6.07 Å². The SMILES string of the molecule is OC1CCc2cc(OCCF)ccc21. The lowest BCUT2D eigenvalue weighted by atomic mass is 10.1. The number of hydrogen-bond acceptors (Lipinski definition) is 2. The van der Waals surface area contributed by atoms with Gasteiger partial charge in [0, 0.05) is 0 Å². The van der Waals surface area contributed by atoms with E-state index in [-0.39, 0.29) is 12.7 Å². The number of fused-ring (bicyclic) bond motifs is 1. The molecule has 1 aromatic rings. The maximum Gasteiger partial charge on any atom is 0.123 e. The third-order valence-corrected chi connectivity index (χ3v) is 2.51. The molecular formula is C11H13FO2. The zero-order chi connectivity index (χ0) is 9.97. The van der Waals surface area contributed by atoms with Crippen LogP contribution in [0.3, 0.4) is 0 Å². The molecule has 1 aliphatic rings. The van der Waals surface area contributed by atoms with Crippen LogP contribution in [0.5, 0.6) is 5.75 Å². The first-order valence-electron chi connectivity index (χ1n) is 4.81. The van der Waals surface area contributed by atoms with Gasteiger partial charge >= 0.3 is 0 Å². The number of aliphatic hydroxyl groups excluding tert-OH is 1. The first kappa shape index (κ1) is 9.46. The van der Waals surface area contributed by atoms with Crippen molar-refractivity contribution >= 4 is 0 Å². The Morgan fingerprint density at radius 1 is 1.50 bits per heavy atom. The summed E-state index contributed by atoms with van der Waals surface area (Å²) in [5.41, 5.74) is 2.10. The predicted octanol–water partition coefficient (Wildman–Crippen LogP) is 2.01. The lowest BCUT2D eigenvalue weighted by Gasteiger charge is -2.07. The Kier molecular flexibility index (Phi) is 2.68. The molecule has 0 heterocycles. The van der Waals surface area contributed by atoms with Gasteiger partial charge in [-0.25, -0.2) is 4.39 Å². The Hall–Kier alpha value is -1.09. The molecule has 0 radical (unpaired) electrons. The summed E-state index contributed by atoms with van der Waals surface area (Å²) in [5.74, 6) is 0.690. The Morgan fingerprint density at radius 3 is 3.14 bits per heavy atom. The van der Waals surface area contributed by atoms with Gasteiger partial charge in [0.2, 0.25) is 0 Å². The van der Waals surface area contributed by atoms with Gasteiger partial charge in [-0.15, -0.1) is 0 Å². The zero-order valence-corrected chi connectivity index (χ0v) is 7.87. The van der Waals surface area contributed by atoms with E-state index < -0.39 is 6.67 Å². The molecule has 1 atom stereocenters. The molecule has 1 aromatic carbocycles. The number of benzene rings is 1. The summed E-state index contributed by atoms with van der Waals surface area (Å²) in [5, 5.41) is 9.55. The quantitative estimate of drug-likeness (QED) is 0.801. The van der Waals surface area contributed by atoms with Crippen molar-refractivity contribution in [3.63, 3.8) is 0 Å². The van der Waals surface area contributed by atoms with Crippen LogP contribution in [0, 0.1) is 0 Å². The molecule has 0 spiro atoms. The Balaban J connectivity index is 2.15. The van der Waals surface area contributed by atoms with Crippen molar-refractivity contribution in [2.45, 2.75) is 18.9 Å². The van der Waals surface area contributed by atoms with Gasteiger partial charge in [-0.3, -0.25) is 0 Å². The van der Waals surface area contributed by atoms with Gasteiger partial charge in [0.15, 0.2) is 0 Å². The van der Waals surface area contributed by atoms with Gasteiger partial charge in [0.25, 0.3) is 0 Å².